The van der Waals surface area contributed by atoms with Gasteiger partial charge in [-0.25, -0.2) is 17.5 Å². The predicted octanol–water partition coefficient (Wildman–Crippen LogP) is 3.96. The van der Waals surface area contributed by atoms with Crippen LogP contribution >= 0.6 is 0 Å². The maximum atomic E-state index is 14.0. The lowest BCUT2D eigenvalue weighted by Crippen LogP contribution is -2.24. The zero-order chi connectivity index (χ0) is 23.1. The zero-order valence-electron chi connectivity index (χ0n) is 17.6. The van der Waals surface area contributed by atoms with Crippen molar-refractivity contribution < 1.29 is 27.1 Å². The summed E-state index contributed by atoms with van der Waals surface area (Å²) in [5.41, 5.74) is 0.607. The molecule has 0 spiro atoms. The molecule has 0 saturated heterocycles. The third kappa shape index (κ3) is 5.43. The number of nitrogens with one attached hydrogen (secondary N) is 2. The van der Waals surface area contributed by atoms with Crippen LogP contribution < -0.4 is 19.5 Å². The van der Waals surface area contributed by atoms with Crippen LogP contribution in [0.4, 0.5) is 10.1 Å². The molecule has 32 heavy (non-hydrogen) atoms. The highest BCUT2D eigenvalue weighted by atomic mass is 32.2. The van der Waals surface area contributed by atoms with E-state index in [2.05, 4.69) is 10.0 Å². The second kappa shape index (κ2) is 10.3. The van der Waals surface area contributed by atoms with Crippen LogP contribution in [0.1, 0.15) is 22.8 Å². The zero-order valence-corrected chi connectivity index (χ0v) is 18.4. The highest BCUT2D eigenvalue weighted by Gasteiger charge is 2.19. The molecule has 9 heteroatoms. The molecule has 0 aliphatic carbocycles. The van der Waals surface area contributed by atoms with E-state index < -0.39 is 21.7 Å². The Morgan fingerprint density at radius 1 is 1.00 bits per heavy atom. The molecule has 3 rings (SSSR count). The largest absolute Gasteiger partial charge is 0.496 e. The fourth-order valence-corrected chi connectivity index (χ4v) is 4.03. The Morgan fingerprint density at radius 2 is 1.72 bits per heavy atom. The lowest BCUT2D eigenvalue weighted by Gasteiger charge is -2.15. The van der Waals surface area contributed by atoms with Gasteiger partial charge in [-0.1, -0.05) is 30.3 Å². The van der Waals surface area contributed by atoms with Gasteiger partial charge >= 0.3 is 0 Å². The number of hydrogen-bond donors (Lipinski definition) is 2. The van der Waals surface area contributed by atoms with Crippen molar-refractivity contribution in [2.75, 3.05) is 19.0 Å². The van der Waals surface area contributed by atoms with E-state index in [-0.39, 0.29) is 28.4 Å². The molecule has 0 aromatic heterocycles. The number of rotatable bonds is 9. The van der Waals surface area contributed by atoms with Crippen molar-refractivity contribution >= 4 is 21.6 Å². The number of carbonyl (C=O) groups excluding carboxylic acids is 1. The number of methoxy groups -OCH3 is 1. The smallest absolute Gasteiger partial charge is 0.258 e. The van der Waals surface area contributed by atoms with E-state index in [0.717, 1.165) is 0 Å². The predicted molar refractivity (Wildman–Crippen MR) is 119 cm³/mol. The van der Waals surface area contributed by atoms with Gasteiger partial charge in [-0.15, -0.1) is 0 Å². The minimum absolute atomic E-state index is 0.0104. The first-order valence-corrected chi connectivity index (χ1v) is 11.3. The van der Waals surface area contributed by atoms with Gasteiger partial charge in [0.2, 0.25) is 10.0 Å². The van der Waals surface area contributed by atoms with Gasteiger partial charge in [-0.2, -0.15) is 0 Å². The fourth-order valence-electron chi connectivity index (χ4n) is 3.00. The Bertz CT molecular complexity index is 1210. The first-order valence-electron chi connectivity index (χ1n) is 9.80. The van der Waals surface area contributed by atoms with E-state index in [1.807, 2.05) is 0 Å². The normalized spacial score (nSPS) is 11.1. The third-order valence-electron chi connectivity index (χ3n) is 4.57. The molecule has 1 amide bonds. The molecular formula is C23H23FN2O5S. The number of ether oxygens (including phenoxy) is 2. The van der Waals surface area contributed by atoms with Gasteiger partial charge in [0.15, 0.2) is 0 Å². The van der Waals surface area contributed by atoms with E-state index in [9.17, 15) is 17.6 Å². The van der Waals surface area contributed by atoms with E-state index in [4.69, 9.17) is 9.47 Å². The Morgan fingerprint density at radius 3 is 2.44 bits per heavy atom. The maximum Gasteiger partial charge on any atom is 0.258 e. The number of amides is 1. The fraction of sp³-hybridized carbons (Fsp3) is 0.174. The minimum Gasteiger partial charge on any atom is -0.496 e. The molecule has 168 valence electrons. The topological polar surface area (TPSA) is 93.7 Å². The molecule has 2 N–H and O–H groups in total. The summed E-state index contributed by atoms with van der Waals surface area (Å²) in [7, 11) is -2.43. The standard InChI is InChI=1S/C23H23FN2O5S/c1-3-31-22-13-12-17(14-20(22)26-23(27)18-9-5-6-10-19(18)24)32(28,29)25-15-16-8-4-7-11-21(16)30-2/h4-14,25H,3,15H2,1-2H3,(H,26,27). The molecular weight excluding hydrogens is 435 g/mol. The summed E-state index contributed by atoms with van der Waals surface area (Å²) >= 11 is 0. The number of anilines is 1. The van der Waals surface area contributed by atoms with Crippen LogP contribution in [0.2, 0.25) is 0 Å². The van der Waals surface area contributed by atoms with Gasteiger partial charge in [0.05, 0.1) is 29.9 Å². The lowest BCUT2D eigenvalue weighted by molar-refractivity contribution is 0.102. The molecule has 3 aromatic rings. The van der Waals surface area contributed by atoms with Gasteiger partial charge < -0.3 is 14.8 Å². The van der Waals surface area contributed by atoms with Crippen LogP contribution in [-0.2, 0) is 16.6 Å². The van der Waals surface area contributed by atoms with Crippen molar-refractivity contribution in [3.8, 4) is 11.5 Å². The summed E-state index contributed by atoms with van der Waals surface area (Å²) in [5.74, 6) is -0.591. The average molecular weight is 459 g/mol. The van der Waals surface area contributed by atoms with Gasteiger partial charge in [0.25, 0.3) is 5.91 Å². The number of sulfonamides is 1. The average Bonchev–Trinajstić information content (AvgIpc) is 2.79. The van der Waals surface area contributed by atoms with Crippen molar-refractivity contribution in [3.63, 3.8) is 0 Å². The summed E-state index contributed by atoms with van der Waals surface area (Å²) < 4.78 is 53.0. The molecule has 0 atom stereocenters. The van der Waals surface area contributed by atoms with Crippen molar-refractivity contribution in [2.24, 2.45) is 0 Å². The molecule has 0 saturated carbocycles. The van der Waals surface area contributed by atoms with E-state index in [0.29, 0.717) is 17.9 Å². The molecule has 0 fully saturated rings. The highest BCUT2D eigenvalue weighted by Crippen LogP contribution is 2.29. The van der Waals surface area contributed by atoms with Crippen molar-refractivity contribution in [1.82, 2.24) is 4.72 Å². The van der Waals surface area contributed by atoms with E-state index >= 15 is 0 Å². The Kier molecular flexibility index (Phi) is 7.45. The lowest BCUT2D eigenvalue weighted by atomic mass is 10.2. The van der Waals surface area contributed by atoms with Gasteiger partial charge in [0, 0.05) is 12.1 Å². The van der Waals surface area contributed by atoms with Crippen molar-refractivity contribution in [3.05, 3.63) is 83.7 Å². The Hall–Kier alpha value is -3.43. The van der Waals surface area contributed by atoms with Crippen molar-refractivity contribution in [2.45, 2.75) is 18.4 Å². The van der Waals surface area contributed by atoms with Crippen LogP contribution in [0, 0.1) is 5.82 Å². The first-order chi connectivity index (χ1) is 15.4. The van der Waals surface area contributed by atoms with Crippen LogP contribution in [0.15, 0.2) is 71.6 Å². The number of benzene rings is 3. The summed E-state index contributed by atoms with van der Waals surface area (Å²) in [5, 5.41) is 2.54. The van der Waals surface area contributed by atoms with Gasteiger partial charge in [0.1, 0.15) is 17.3 Å². The summed E-state index contributed by atoms with van der Waals surface area (Å²) in [6.45, 7) is 2.05. The molecule has 0 bridgehead atoms. The van der Waals surface area contributed by atoms with Crippen molar-refractivity contribution in [1.29, 1.82) is 0 Å². The Balaban J connectivity index is 1.87. The second-order valence-electron chi connectivity index (χ2n) is 6.66. The maximum absolute atomic E-state index is 14.0. The molecule has 0 aliphatic heterocycles. The summed E-state index contributed by atoms with van der Waals surface area (Å²) in [6, 6.07) is 16.6. The monoisotopic (exact) mass is 458 g/mol. The minimum atomic E-state index is -3.93. The third-order valence-corrected chi connectivity index (χ3v) is 5.97. The molecule has 0 radical (unpaired) electrons. The number of hydrogen-bond acceptors (Lipinski definition) is 5. The van der Waals surface area contributed by atoms with Crippen LogP contribution in [0.5, 0.6) is 11.5 Å². The molecule has 0 aliphatic rings. The number of halogens is 1. The Labute approximate surface area is 186 Å². The summed E-state index contributed by atoms with van der Waals surface area (Å²) in [6.07, 6.45) is 0. The molecule has 3 aromatic carbocycles. The number of para-hydroxylation sites is 1. The quantitative estimate of drug-likeness (QED) is 0.506. The SMILES string of the molecule is CCOc1ccc(S(=O)(=O)NCc2ccccc2OC)cc1NC(=O)c1ccccc1F. The van der Waals surface area contributed by atoms with Gasteiger partial charge in [-0.3, -0.25) is 4.79 Å². The number of carbonyl (C=O) groups is 1. The summed E-state index contributed by atoms with van der Waals surface area (Å²) in [4.78, 5) is 12.5. The van der Waals surface area contributed by atoms with Crippen LogP contribution in [0.25, 0.3) is 0 Å². The second-order valence-corrected chi connectivity index (χ2v) is 8.43. The molecule has 7 nitrogen and oxygen atoms in total. The molecule has 0 unspecified atom stereocenters. The van der Waals surface area contributed by atoms with Crippen LogP contribution in [0.3, 0.4) is 0 Å². The molecule has 0 heterocycles. The van der Waals surface area contributed by atoms with Crippen LogP contribution in [-0.4, -0.2) is 28.0 Å². The highest BCUT2D eigenvalue weighted by molar-refractivity contribution is 7.89. The first kappa shape index (κ1) is 23.2. The van der Waals surface area contributed by atoms with E-state index in [1.165, 1.54) is 49.6 Å². The van der Waals surface area contributed by atoms with E-state index in [1.54, 1.807) is 31.2 Å². The van der Waals surface area contributed by atoms with Gasteiger partial charge in [-0.05, 0) is 43.3 Å².